The molecule has 1 heterocycles. The van der Waals surface area contributed by atoms with Crippen molar-refractivity contribution < 1.29 is 9.84 Å². The van der Waals surface area contributed by atoms with E-state index in [2.05, 4.69) is 28.4 Å². The van der Waals surface area contributed by atoms with E-state index in [1.165, 1.54) is 6.82 Å². The third kappa shape index (κ3) is 11.2. The first-order valence-corrected chi connectivity index (χ1v) is 10.1. The first-order chi connectivity index (χ1) is 14.5. The number of hydrogen-bond donors (Lipinski definition) is 5. The van der Waals surface area contributed by atoms with Crippen molar-refractivity contribution in [1.82, 2.24) is 9.97 Å². The standard InChI is InChI=1S/C16H19Cl2N5O3.C2H6.CH3B.CH4/c17-11-2-1-10(7-12(11)18)9-21-16-22-13(8-19)14(15(25)23-16)20-3-5-26-6-4-24;2*1-2;/h1-2,7-8,19-20,24H,3-6,9H2,(H2,21,22,23,25);1-2H3;1H3;1H4. The van der Waals surface area contributed by atoms with E-state index in [1.807, 2.05) is 13.8 Å². The minimum Gasteiger partial charge on any atom is -0.394 e. The fraction of sp³-hybridized carbons (Fsp3) is 0.450. The number of rotatable bonds is 10. The average Bonchev–Trinajstić information content (AvgIpc) is 2.78. The fourth-order valence-electron chi connectivity index (χ4n) is 2.10. The highest BCUT2D eigenvalue weighted by Gasteiger charge is 2.10. The van der Waals surface area contributed by atoms with Gasteiger partial charge in [0.2, 0.25) is 5.95 Å². The molecule has 172 valence electrons. The zero-order valence-electron chi connectivity index (χ0n) is 17.4. The van der Waals surface area contributed by atoms with E-state index in [0.29, 0.717) is 29.7 Å². The molecular weight excluding hydrogens is 440 g/mol. The summed E-state index contributed by atoms with van der Waals surface area (Å²) in [6.45, 7) is 6.70. The SMILES string of the molecule is C.CC.N=Cc1nc(NCc2ccc(Cl)c(Cl)c2)[nH]c(=O)c1NCCOCCO.[B]C. The number of aromatic amines is 1. The second-order valence-corrected chi connectivity index (χ2v) is 6.00. The minimum absolute atomic E-state index is 0. The number of halogens is 2. The van der Waals surface area contributed by atoms with Gasteiger partial charge in [0, 0.05) is 19.3 Å². The number of aromatic nitrogens is 2. The average molecular weight is 472 g/mol. The molecule has 0 amide bonds. The van der Waals surface area contributed by atoms with E-state index in [0.717, 1.165) is 11.8 Å². The van der Waals surface area contributed by atoms with Crippen LogP contribution < -0.4 is 16.2 Å². The van der Waals surface area contributed by atoms with Crippen molar-refractivity contribution in [2.75, 3.05) is 37.0 Å². The van der Waals surface area contributed by atoms with Crippen LogP contribution in [0.3, 0.4) is 0 Å². The second-order valence-electron chi connectivity index (χ2n) is 5.18. The number of aliphatic hydroxyl groups excluding tert-OH is 1. The smallest absolute Gasteiger partial charge is 0.276 e. The number of H-pyrrole nitrogens is 1. The number of hydrogen-bond acceptors (Lipinski definition) is 7. The maximum absolute atomic E-state index is 12.2. The first kappa shape index (κ1) is 31.1. The summed E-state index contributed by atoms with van der Waals surface area (Å²) in [5.74, 6) is 0.238. The van der Waals surface area contributed by atoms with Crippen molar-refractivity contribution in [3.8, 4) is 0 Å². The van der Waals surface area contributed by atoms with Gasteiger partial charge in [0.1, 0.15) is 11.4 Å². The quantitative estimate of drug-likeness (QED) is 0.203. The van der Waals surface area contributed by atoms with Crippen molar-refractivity contribution in [2.45, 2.75) is 34.6 Å². The predicted molar refractivity (Wildman–Crippen MR) is 133 cm³/mol. The summed E-state index contributed by atoms with van der Waals surface area (Å²) in [5.41, 5.74) is 0.846. The Morgan fingerprint density at radius 3 is 2.48 bits per heavy atom. The Bertz CT molecular complexity index is 822. The fourth-order valence-corrected chi connectivity index (χ4v) is 2.42. The highest BCUT2D eigenvalue weighted by Crippen LogP contribution is 2.22. The van der Waals surface area contributed by atoms with Crippen LogP contribution in [0, 0.1) is 5.41 Å². The number of ether oxygens (including phenoxy) is 1. The first-order valence-electron chi connectivity index (χ1n) is 9.38. The second kappa shape index (κ2) is 18.7. The molecule has 0 atom stereocenters. The monoisotopic (exact) mass is 471 g/mol. The van der Waals surface area contributed by atoms with Crippen LogP contribution in [-0.2, 0) is 11.3 Å². The lowest BCUT2D eigenvalue weighted by molar-refractivity contribution is 0.0992. The summed E-state index contributed by atoms with van der Waals surface area (Å²) in [4.78, 5) is 19.1. The molecule has 0 saturated carbocycles. The zero-order chi connectivity index (χ0) is 22.9. The van der Waals surface area contributed by atoms with Crippen molar-refractivity contribution in [3.05, 3.63) is 49.9 Å². The molecule has 5 N–H and O–H groups in total. The van der Waals surface area contributed by atoms with Gasteiger partial charge in [-0.3, -0.25) is 9.78 Å². The lowest BCUT2D eigenvalue weighted by atomic mass is 10.2. The maximum Gasteiger partial charge on any atom is 0.276 e. The lowest BCUT2D eigenvalue weighted by Gasteiger charge is -2.11. The van der Waals surface area contributed by atoms with E-state index < -0.39 is 5.56 Å². The van der Waals surface area contributed by atoms with Gasteiger partial charge in [-0.1, -0.05) is 57.4 Å². The maximum atomic E-state index is 12.2. The predicted octanol–water partition coefficient (Wildman–Crippen LogP) is 3.97. The molecule has 2 aromatic rings. The Hall–Kier alpha value is -2.07. The Balaban J connectivity index is 0. The van der Waals surface area contributed by atoms with Crippen molar-refractivity contribution in [1.29, 1.82) is 5.41 Å². The van der Waals surface area contributed by atoms with Crippen LogP contribution in [0.5, 0.6) is 0 Å². The van der Waals surface area contributed by atoms with E-state index in [4.69, 9.17) is 38.5 Å². The van der Waals surface area contributed by atoms with Gasteiger partial charge in [-0.15, -0.1) is 0 Å². The number of nitrogens with one attached hydrogen (secondary N) is 4. The van der Waals surface area contributed by atoms with E-state index >= 15 is 0 Å². The summed E-state index contributed by atoms with van der Waals surface area (Å²) in [5, 5.41) is 22.9. The Morgan fingerprint density at radius 1 is 1.23 bits per heavy atom. The van der Waals surface area contributed by atoms with Crippen LogP contribution in [0.25, 0.3) is 0 Å². The third-order valence-corrected chi connectivity index (χ3v) is 4.05. The van der Waals surface area contributed by atoms with Crippen molar-refractivity contribution in [2.24, 2.45) is 0 Å². The minimum atomic E-state index is -0.405. The number of aliphatic hydroxyl groups is 1. The summed E-state index contributed by atoms with van der Waals surface area (Å²) < 4.78 is 5.11. The molecule has 0 aliphatic rings. The molecule has 0 bridgehead atoms. The van der Waals surface area contributed by atoms with E-state index in [-0.39, 0.29) is 38.0 Å². The molecule has 1 aromatic carbocycles. The van der Waals surface area contributed by atoms with Crippen molar-refractivity contribution >= 4 is 48.9 Å². The number of benzene rings is 1. The van der Waals surface area contributed by atoms with Gasteiger partial charge in [-0.05, 0) is 17.7 Å². The summed E-state index contributed by atoms with van der Waals surface area (Å²) in [6, 6.07) is 5.21. The van der Waals surface area contributed by atoms with Crippen LogP contribution >= 0.6 is 23.2 Å². The van der Waals surface area contributed by atoms with Gasteiger partial charge in [0.25, 0.3) is 5.56 Å². The summed E-state index contributed by atoms with van der Waals surface area (Å²) in [6.07, 6.45) is 0.997. The van der Waals surface area contributed by atoms with Crippen LogP contribution in [0.15, 0.2) is 23.0 Å². The van der Waals surface area contributed by atoms with E-state index in [1.54, 1.807) is 18.2 Å². The summed E-state index contributed by atoms with van der Waals surface area (Å²) in [7, 11) is 4.50. The molecule has 31 heavy (non-hydrogen) atoms. The van der Waals surface area contributed by atoms with Crippen LogP contribution in [0.4, 0.5) is 11.6 Å². The van der Waals surface area contributed by atoms with Gasteiger partial charge in [0.05, 0.1) is 37.7 Å². The molecule has 2 rings (SSSR count). The molecule has 0 fully saturated rings. The highest BCUT2D eigenvalue weighted by atomic mass is 35.5. The number of anilines is 2. The molecule has 0 aliphatic heterocycles. The largest absolute Gasteiger partial charge is 0.394 e. The molecular formula is C20H32BCl2N5O3. The van der Waals surface area contributed by atoms with Crippen molar-refractivity contribution in [3.63, 3.8) is 0 Å². The normalized spacial score (nSPS) is 9.23. The molecule has 0 aliphatic carbocycles. The van der Waals surface area contributed by atoms with Gasteiger partial charge < -0.3 is 25.9 Å². The van der Waals surface area contributed by atoms with E-state index in [9.17, 15) is 4.79 Å². The van der Waals surface area contributed by atoms with Gasteiger partial charge in [-0.25, -0.2) is 4.98 Å². The molecule has 0 spiro atoms. The van der Waals surface area contributed by atoms with Crippen LogP contribution in [0.2, 0.25) is 16.9 Å². The Morgan fingerprint density at radius 2 is 1.90 bits per heavy atom. The molecule has 2 radical (unpaired) electrons. The lowest BCUT2D eigenvalue weighted by Crippen LogP contribution is -2.23. The van der Waals surface area contributed by atoms with Crippen LogP contribution in [-0.4, -0.2) is 55.5 Å². The highest BCUT2D eigenvalue weighted by molar-refractivity contribution is 6.42. The molecule has 0 unspecified atom stereocenters. The van der Waals surface area contributed by atoms with Crippen LogP contribution in [0.1, 0.15) is 32.5 Å². The molecule has 0 saturated heterocycles. The Kier molecular flexibility index (Phi) is 18.8. The summed E-state index contributed by atoms with van der Waals surface area (Å²) >= 11 is 11.9. The van der Waals surface area contributed by atoms with Gasteiger partial charge >= 0.3 is 0 Å². The third-order valence-electron chi connectivity index (χ3n) is 3.31. The number of nitrogens with zero attached hydrogens (tertiary/aromatic N) is 1. The molecule has 11 heteroatoms. The van der Waals surface area contributed by atoms with Gasteiger partial charge in [-0.2, -0.15) is 0 Å². The Labute approximate surface area is 195 Å². The molecule has 1 aromatic heterocycles. The molecule has 8 nitrogen and oxygen atoms in total. The van der Waals surface area contributed by atoms with Gasteiger partial charge in [0.15, 0.2) is 0 Å². The topological polar surface area (TPSA) is 123 Å². The zero-order valence-corrected chi connectivity index (χ0v) is 18.9.